The molecule has 0 radical (unpaired) electrons. The number of halogens is 2. The van der Waals surface area contributed by atoms with E-state index in [0.29, 0.717) is 22.4 Å². The summed E-state index contributed by atoms with van der Waals surface area (Å²) in [5.41, 5.74) is 6.74. The number of aromatic nitrogens is 2. The van der Waals surface area contributed by atoms with Crippen LogP contribution in [0.15, 0.2) is 30.6 Å². The van der Waals surface area contributed by atoms with Crippen LogP contribution in [-0.4, -0.2) is 17.0 Å². The van der Waals surface area contributed by atoms with Crippen LogP contribution in [0.5, 0.6) is 0 Å². The molecule has 94 valence electrons. The van der Waals surface area contributed by atoms with Crippen molar-refractivity contribution in [2.45, 2.75) is 6.54 Å². The Morgan fingerprint density at radius 3 is 2.78 bits per heavy atom. The topological polar surface area (TPSA) is 55.0 Å². The molecular weight excluding hydrogens is 271 g/mol. The van der Waals surface area contributed by atoms with Crippen molar-refractivity contribution in [1.82, 2.24) is 9.97 Å². The van der Waals surface area contributed by atoms with Crippen molar-refractivity contribution in [3.05, 3.63) is 46.2 Å². The summed E-state index contributed by atoms with van der Waals surface area (Å²) >= 11 is 12.0. The van der Waals surface area contributed by atoms with Crippen LogP contribution < -0.4 is 10.6 Å². The lowest BCUT2D eigenvalue weighted by Gasteiger charge is -2.19. The lowest BCUT2D eigenvalue weighted by molar-refractivity contribution is 0.893. The van der Waals surface area contributed by atoms with Crippen molar-refractivity contribution < 1.29 is 0 Å². The highest BCUT2D eigenvalue weighted by atomic mass is 35.5. The summed E-state index contributed by atoms with van der Waals surface area (Å²) in [4.78, 5) is 10.1. The lowest BCUT2D eigenvalue weighted by Crippen LogP contribution is -2.18. The molecule has 0 unspecified atom stereocenters. The third kappa shape index (κ3) is 2.83. The Bertz CT molecular complexity index is 545. The zero-order valence-corrected chi connectivity index (χ0v) is 11.3. The summed E-state index contributed by atoms with van der Waals surface area (Å²) in [6, 6.07) is 5.46. The van der Waals surface area contributed by atoms with E-state index in [2.05, 4.69) is 9.97 Å². The minimum Gasteiger partial charge on any atom is -0.382 e. The quantitative estimate of drug-likeness (QED) is 0.940. The highest BCUT2D eigenvalue weighted by Gasteiger charge is 2.11. The SMILES string of the molecule is CN(Cc1cccnc1)c1nc(N)c(Cl)cc1Cl. The normalized spacial score (nSPS) is 10.4. The zero-order chi connectivity index (χ0) is 13.1. The van der Waals surface area contributed by atoms with Gasteiger partial charge in [-0.3, -0.25) is 4.98 Å². The molecule has 18 heavy (non-hydrogen) atoms. The Kier molecular flexibility index (Phi) is 3.89. The van der Waals surface area contributed by atoms with Gasteiger partial charge in [0, 0.05) is 26.0 Å². The minimum absolute atomic E-state index is 0.272. The fourth-order valence-corrected chi connectivity index (χ4v) is 2.08. The monoisotopic (exact) mass is 282 g/mol. The highest BCUT2D eigenvalue weighted by Crippen LogP contribution is 2.29. The van der Waals surface area contributed by atoms with E-state index in [-0.39, 0.29) is 5.82 Å². The van der Waals surface area contributed by atoms with Crippen molar-refractivity contribution in [2.24, 2.45) is 0 Å². The minimum atomic E-state index is 0.272. The summed E-state index contributed by atoms with van der Waals surface area (Å²) in [6.07, 6.45) is 3.53. The molecule has 0 aliphatic carbocycles. The summed E-state index contributed by atoms with van der Waals surface area (Å²) in [6.45, 7) is 0.641. The van der Waals surface area contributed by atoms with Crippen LogP contribution in [-0.2, 0) is 6.54 Å². The molecule has 0 aliphatic rings. The van der Waals surface area contributed by atoms with Gasteiger partial charge in [-0.2, -0.15) is 0 Å². The van der Waals surface area contributed by atoms with Gasteiger partial charge in [0.1, 0.15) is 11.6 Å². The fraction of sp³-hybridized carbons (Fsp3) is 0.167. The van der Waals surface area contributed by atoms with Gasteiger partial charge in [-0.25, -0.2) is 4.98 Å². The van der Waals surface area contributed by atoms with Crippen molar-refractivity contribution >= 4 is 34.8 Å². The number of hydrogen-bond donors (Lipinski definition) is 1. The molecule has 0 saturated carbocycles. The number of nitrogens with zero attached hydrogens (tertiary/aromatic N) is 3. The first-order valence-electron chi connectivity index (χ1n) is 5.29. The maximum Gasteiger partial charge on any atom is 0.149 e. The van der Waals surface area contributed by atoms with E-state index >= 15 is 0 Å². The van der Waals surface area contributed by atoms with Crippen LogP contribution >= 0.6 is 23.2 Å². The van der Waals surface area contributed by atoms with Gasteiger partial charge in [0.05, 0.1) is 10.0 Å². The van der Waals surface area contributed by atoms with Gasteiger partial charge in [-0.15, -0.1) is 0 Å². The summed E-state index contributed by atoms with van der Waals surface area (Å²) < 4.78 is 0. The van der Waals surface area contributed by atoms with Crippen molar-refractivity contribution in [1.29, 1.82) is 0 Å². The van der Waals surface area contributed by atoms with Gasteiger partial charge in [0.2, 0.25) is 0 Å². The third-order valence-corrected chi connectivity index (χ3v) is 3.02. The Morgan fingerprint density at radius 1 is 1.33 bits per heavy atom. The molecule has 4 nitrogen and oxygen atoms in total. The molecule has 0 spiro atoms. The van der Waals surface area contributed by atoms with Gasteiger partial charge in [0.15, 0.2) is 0 Å². The van der Waals surface area contributed by atoms with Crippen LogP contribution in [0.3, 0.4) is 0 Å². The molecule has 0 aliphatic heterocycles. The number of hydrogen-bond acceptors (Lipinski definition) is 4. The number of rotatable bonds is 3. The van der Waals surface area contributed by atoms with E-state index in [0.717, 1.165) is 5.56 Å². The highest BCUT2D eigenvalue weighted by molar-refractivity contribution is 6.37. The Hall–Kier alpha value is -1.52. The van der Waals surface area contributed by atoms with E-state index < -0.39 is 0 Å². The van der Waals surface area contributed by atoms with E-state index in [1.54, 1.807) is 18.5 Å². The molecule has 0 fully saturated rings. The van der Waals surface area contributed by atoms with Crippen LogP contribution in [0.2, 0.25) is 10.0 Å². The van der Waals surface area contributed by atoms with Crippen LogP contribution in [0.25, 0.3) is 0 Å². The van der Waals surface area contributed by atoms with Crippen molar-refractivity contribution in [2.75, 3.05) is 17.7 Å². The average molecular weight is 283 g/mol. The number of nitrogens with two attached hydrogens (primary N) is 1. The average Bonchev–Trinajstić information content (AvgIpc) is 2.35. The second-order valence-corrected chi connectivity index (χ2v) is 4.69. The molecule has 2 heterocycles. The molecule has 6 heteroatoms. The molecule has 0 saturated heterocycles. The van der Waals surface area contributed by atoms with Crippen LogP contribution in [0.1, 0.15) is 5.56 Å². The van der Waals surface area contributed by atoms with Gasteiger partial charge in [0.25, 0.3) is 0 Å². The lowest BCUT2D eigenvalue weighted by atomic mass is 10.2. The largest absolute Gasteiger partial charge is 0.382 e. The Balaban J connectivity index is 2.24. The van der Waals surface area contributed by atoms with Crippen LogP contribution in [0.4, 0.5) is 11.6 Å². The van der Waals surface area contributed by atoms with E-state index in [1.165, 1.54) is 0 Å². The standard InChI is InChI=1S/C12H12Cl2N4/c1-18(7-8-3-2-4-16-6-8)12-10(14)5-9(13)11(15)17-12/h2-6H,7H2,1H3,(H2,15,17). The number of nitrogen functional groups attached to an aromatic ring is 1. The summed E-state index contributed by atoms with van der Waals surface area (Å²) in [5, 5.41) is 0.833. The van der Waals surface area contributed by atoms with Gasteiger partial charge in [-0.05, 0) is 17.7 Å². The number of pyridine rings is 2. The summed E-state index contributed by atoms with van der Waals surface area (Å²) in [5.74, 6) is 0.872. The second kappa shape index (κ2) is 5.42. The smallest absolute Gasteiger partial charge is 0.149 e. The Labute approximate surface area is 115 Å². The molecule has 2 aromatic rings. The summed E-state index contributed by atoms with van der Waals surface area (Å²) in [7, 11) is 1.88. The van der Waals surface area contributed by atoms with Crippen molar-refractivity contribution in [3.8, 4) is 0 Å². The molecule has 0 amide bonds. The molecule has 0 atom stereocenters. The van der Waals surface area contributed by atoms with E-state index in [4.69, 9.17) is 28.9 Å². The van der Waals surface area contributed by atoms with Gasteiger partial charge >= 0.3 is 0 Å². The Morgan fingerprint density at radius 2 is 2.11 bits per heavy atom. The number of anilines is 2. The maximum absolute atomic E-state index is 6.10. The molecule has 2 N–H and O–H groups in total. The molecule has 0 bridgehead atoms. The molecule has 2 aromatic heterocycles. The first kappa shape index (κ1) is 12.9. The molecule has 2 rings (SSSR count). The van der Waals surface area contributed by atoms with Crippen LogP contribution in [0, 0.1) is 0 Å². The fourth-order valence-electron chi connectivity index (χ4n) is 1.58. The molecular formula is C12H12Cl2N4. The predicted octanol–water partition coefficient (Wildman–Crippen LogP) is 3.00. The van der Waals surface area contributed by atoms with E-state index in [1.807, 2.05) is 24.1 Å². The zero-order valence-electron chi connectivity index (χ0n) is 9.77. The van der Waals surface area contributed by atoms with Crippen molar-refractivity contribution in [3.63, 3.8) is 0 Å². The molecule has 0 aromatic carbocycles. The second-order valence-electron chi connectivity index (χ2n) is 3.88. The van der Waals surface area contributed by atoms with E-state index in [9.17, 15) is 0 Å². The first-order valence-corrected chi connectivity index (χ1v) is 6.05. The predicted molar refractivity (Wildman–Crippen MR) is 75.0 cm³/mol. The van der Waals surface area contributed by atoms with Gasteiger partial charge in [-0.1, -0.05) is 29.3 Å². The first-order chi connectivity index (χ1) is 8.58. The maximum atomic E-state index is 6.10. The third-order valence-electron chi connectivity index (χ3n) is 2.44. The van der Waals surface area contributed by atoms with Gasteiger partial charge < -0.3 is 10.6 Å².